The SMILES string of the molecule is CNC1CCCN(CC2Cc3cc(Cl)ccc3O2)C1. The number of likely N-dealkylation sites (N-methyl/N-ethyl adjacent to an activating group) is 1. The molecule has 0 bridgehead atoms. The average molecular weight is 281 g/mol. The van der Waals surface area contributed by atoms with Crippen LogP contribution in [0.15, 0.2) is 18.2 Å². The van der Waals surface area contributed by atoms with Crippen molar-refractivity contribution in [3.63, 3.8) is 0 Å². The first-order chi connectivity index (χ1) is 9.24. The van der Waals surface area contributed by atoms with Crippen LogP contribution < -0.4 is 10.1 Å². The number of hydrogen-bond donors (Lipinski definition) is 1. The molecule has 2 aliphatic heterocycles. The smallest absolute Gasteiger partial charge is 0.123 e. The normalized spacial score (nSPS) is 27.1. The Kier molecular flexibility index (Phi) is 3.96. The lowest BCUT2D eigenvalue weighted by atomic mass is 10.0. The van der Waals surface area contributed by atoms with Crippen LogP contribution in [0.5, 0.6) is 5.75 Å². The molecule has 0 aromatic heterocycles. The Labute approximate surface area is 119 Å². The largest absolute Gasteiger partial charge is 0.488 e. The molecular weight excluding hydrogens is 260 g/mol. The maximum absolute atomic E-state index is 6.03. The summed E-state index contributed by atoms with van der Waals surface area (Å²) in [4.78, 5) is 2.52. The molecule has 3 rings (SSSR count). The van der Waals surface area contributed by atoms with Crippen molar-refractivity contribution in [2.45, 2.75) is 31.4 Å². The summed E-state index contributed by atoms with van der Waals surface area (Å²) >= 11 is 6.03. The molecule has 1 aromatic rings. The van der Waals surface area contributed by atoms with E-state index in [1.165, 1.54) is 24.9 Å². The Morgan fingerprint density at radius 2 is 2.37 bits per heavy atom. The van der Waals surface area contributed by atoms with Crippen molar-refractivity contribution in [3.05, 3.63) is 28.8 Å². The van der Waals surface area contributed by atoms with Crippen molar-refractivity contribution >= 4 is 11.6 Å². The van der Waals surface area contributed by atoms with Gasteiger partial charge in [0.25, 0.3) is 0 Å². The molecule has 0 amide bonds. The Morgan fingerprint density at radius 3 is 3.21 bits per heavy atom. The second-order valence-corrected chi connectivity index (χ2v) is 6.02. The van der Waals surface area contributed by atoms with Crippen LogP contribution in [0, 0.1) is 0 Å². The Hall–Kier alpha value is -0.770. The third kappa shape index (κ3) is 3.04. The highest BCUT2D eigenvalue weighted by molar-refractivity contribution is 6.30. The van der Waals surface area contributed by atoms with E-state index in [1.807, 2.05) is 18.2 Å². The lowest BCUT2D eigenvalue weighted by Crippen LogP contribution is -2.47. The van der Waals surface area contributed by atoms with Gasteiger partial charge in [-0.3, -0.25) is 4.90 Å². The molecule has 19 heavy (non-hydrogen) atoms. The van der Waals surface area contributed by atoms with Crippen molar-refractivity contribution in [2.24, 2.45) is 0 Å². The van der Waals surface area contributed by atoms with Gasteiger partial charge in [0.15, 0.2) is 0 Å². The van der Waals surface area contributed by atoms with Gasteiger partial charge in [-0.1, -0.05) is 11.6 Å². The summed E-state index contributed by atoms with van der Waals surface area (Å²) in [5.41, 5.74) is 1.25. The first-order valence-electron chi connectivity index (χ1n) is 7.09. The molecule has 1 fully saturated rings. The van der Waals surface area contributed by atoms with E-state index in [9.17, 15) is 0 Å². The summed E-state index contributed by atoms with van der Waals surface area (Å²) in [6.07, 6.45) is 3.83. The van der Waals surface area contributed by atoms with Gasteiger partial charge in [0.1, 0.15) is 11.9 Å². The molecule has 2 atom stereocenters. The number of hydrogen-bond acceptors (Lipinski definition) is 3. The first-order valence-corrected chi connectivity index (χ1v) is 7.47. The van der Waals surface area contributed by atoms with Gasteiger partial charge in [0.2, 0.25) is 0 Å². The standard InChI is InChI=1S/C15H21ClN2O/c1-17-13-3-2-6-18(9-13)10-14-8-11-7-12(16)4-5-15(11)19-14/h4-5,7,13-14,17H,2-3,6,8-10H2,1H3. The molecule has 2 heterocycles. The van der Waals surface area contributed by atoms with E-state index in [1.54, 1.807) is 0 Å². The molecule has 3 nitrogen and oxygen atoms in total. The third-order valence-electron chi connectivity index (χ3n) is 4.14. The molecule has 0 radical (unpaired) electrons. The minimum absolute atomic E-state index is 0.282. The maximum Gasteiger partial charge on any atom is 0.123 e. The van der Waals surface area contributed by atoms with E-state index < -0.39 is 0 Å². The zero-order chi connectivity index (χ0) is 13.2. The molecular formula is C15H21ClN2O. The molecule has 4 heteroatoms. The summed E-state index contributed by atoms with van der Waals surface area (Å²) in [6, 6.07) is 6.56. The fourth-order valence-corrected chi connectivity index (χ4v) is 3.33. The summed E-state index contributed by atoms with van der Waals surface area (Å²) in [6.45, 7) is 3.34. The topological polar surface area (TPSA) is 24.5 Å². The fourth-order valence-electron chi connectivity index (χ4n) is 3.14. The number of rotatable bonds is 3. The summed E-state index contributed by atoms with van der Waals surface area (Å²) in [5, 5.41) is 4.19. The van der Waals surface area contributed by atoms with Crippen LogP contribution in [0.3, 0.4) is 0 Å². The Balaban J connectivity index is 1.58. The van der Waals surface area contributed by atoms with E-state index >= 15 is 0 Å². The van der Waals surface area contributed by atoms with E-state index in [-0.39, 0.29) is 6.10 Å². The van der Waals surface area contributed by atoms with E-state index in [0.29, 0.717) is 6.04 Å². The second-order valence-electron chi connectivity index (χ2n) is 5.58. The number of nitrogens with one attached hydrogen (secondary N) is 1. The number of nitrogens with zero attached hydrogens (tertiary/aromatic N) is 1. The van der Waals surface area contributed by atoms with Gasteiger partial charge < -0.3 is 10.1 Å². The summed E-state index contributed by atoms with van der Waals surface area (Å²) < 4.78 is 6.01. The zero-order valence-electron chi connectivity index (χ0n) is 11.4. The Bertz CT molecular complexity index is 452. The van der Waals surface area contributed by atoms with Crippen LogP contribution in [-0.4, -0.2) is 43.7 Å². The molecule has 1 aromatic carbocycles. The van der Waals surface area contributed by atoms with Crippen molar-refractivity contribution in [2.75, 3.05) is 26.7 Å². The van der Waals surface area contributed by atoms with Crippen molar-refractivity contribution in [1.82, 2.24) is 10.2 Å². The second kappa shape index (κ2) is 5.70. The quantitative estimate of drug-likeness (QED) is 0.920. The molecule has 2 aliphatic rings. The molecule has 0 saturated carbocycles. The average Bonchev–Trinajstić information content (AvgIpc) is 2.80. The van der Waals surface area contributed by atoms with Crippen LogP contribution in [0.4, 0.5) is 0 Å². The summed E-state index contributed by atoms with van der Waals surface area (Å²) in [7, 11) is 2.05. The van der Waals surface area contributed by atoms with Gasteiger partial charge in [-0.05, 0) is 50.2 Å². The lowest BCUT2D eigenvalue weighted by molar-refractivity contribution is 0.121. The minimum atomic E-state index is 0.282. The maximum atomic E-state index is 6.03. The van der Waals surface area contributed by atoms with Crippen LogP contribution in [0.2, 0.25) is 5.02 Å². The van der Waals surface area contributed by atoms with Gasteiger partial charge in [0.05, 0.1) is 0 Å². The highest BCUT2D eigenvalue weighted by Crippen LogP contribution is 2.31. The van der Waals surface area contributed by atoms with Crippen LogP contribution in [-0.2, 0) is 6.42 Å². The predicted octanol–water partition coefficient (Wildman–Crippen LogP) is 2.33. The number of benzene rings is 1. The lowest BCUT2D eigenvalue weighted by Gasteiger charge is -2.33. The zero-order valence-corrected chi connectivity index (χ0v) is 12.1. The Morgan fingerprint density at radius 1 is 1.47 bits per heavy atom. The first kappa shape index (κ1) is 13.2. The molecule has 104 valence electrons. The molecule has 0 spiro atoms. The number of likely N-dealkylation sites (tertiary alicyclic amines) is 1. The van der Waals surface area contributed by atoms with Gasteiger partial charge >= 0.3 is 0 Å². The predicted molar refractivity (Wildman–Crippen MR) is 78.1 cm³/mol. The summed E-state index contributed by atoms with van der Waals surface area (Å²) in [5.74, 6) is 1.01. The van der Waals surface area contributed by atoms with Crippen molar-refractivity contribution in [3.8, 4) is 5.75 Å². The van der Waals surface area contributed by atoms with Gasteiger partial charge in [-0.15, -0.1) is 0 Å². The van der Waals surface area contributed by atoms with Crippen LogP contribution in [0.1, 0.15) is 18.4 Å². The number of halogens is 1. The number of fused-ring (bicyclic) bond motifs is 1. The van der Waals surface area contributed by atoms with Crippen LogP contribution in [0.25, 0.3) is 0 Å². The van der Waals surface area contributed by atoms with E-state index in [0.717, 1.165) is 30.3 Å². The van der Waals surface area contributed by atoms with Crippen molar-refractivity contribution in [1.29, 1.82) is 0 Å². The van der Waals surface area contributed by atoms with E-state index in [2.05, 4.69) is 17.3 Å². The highest BCUT2D eigenvalue weighted by atomic mass is 35.5. The van der Waals surface area contributed by atoms with Gasteiger partial charge in [-0.25, -0.2) is 0 Å². The van der Waals surface area contributed by atoms with Crippen molar-refractivity contribution < 1.29 is 4.74 Å². The number of ether oxygens (including phenoxy) is 1. The van der Waals surface area contributed by atoms with Gasteiger partial charge in [0, 0.05) is 30.6 Å². The third-order valence-corrected chi connectivity index (χ3v) is 4.37. The minimum Gasteiger partial charge on any atom is -0.488 e. The van der Waals surface area contributed by atoms with Crippen LogP contribution >= 0.6 is 11.6 Å². The molecule has 0 aliphatic carbocycles. The molecule has 1 saturated heterocycles. The molecule has 1 N–H and O–H groups in total. The molecule has 2 unspecified atom stereocenters. The fraction of sp³-hybridized carbons (Fsp3) is 0.600. The number of piperidine rings is 1. The highest BCUT2D eigenvalue weighted by Gasteiger charge is 2.27. The van der Waals surface area contributed by atoms with E-state index in [4.69, 9.17) is 16.3 Å². The van der Waals surface area contributed by atoms with Gasteiger partial charge in [-0.2, -0.15) is 0 Å². The monoisotopic (exact) mass is 280 g/mol.